The molecule has 2 aromatic rings. The Hall–Kier alpha value is -1.99. The maximum absolute atomic E-state index is 11.1. The first-order valence-corrected chi connectivity index (χ1v) is 12.1. The quantitative estimate of drug-likeness (QED) is 0.145. The van der Waals surface area contributed by atoms with Gasteiger partial charge in [0.25, 0.3) is 0 Å². The van der Waals surface area contributed by atoms with Crippen LogP contribution >= 0.6 is 0 Å². The molecule has 1 aliphatic heterocycles. The summed E-state index contributed by atoms with van der Waals surface area (Å²) in [6.45, 7) is 16.4. The van der Waals surface area contributed by atoms with Crippen LogP contribution in [-0.2, 0) is 16.5 Å². The first-order valence-electron chi connectivity index (χ1n) is 12.1. The van der Waals surface area contributed by atoms with E-state index in [1.807, 2.05) is 0 Å². The van der Waals surface area contributed by atoms with Crippen molar-refractivity contribution in [2.45, 2.75) is 79.6 Å². The molecule has 33 heavy (non-hydrogen) atoms. The van der Waals surface area contributed by atoms with Gasteiger partial charge in [0.15, 0.2) is 0 Å². The van der Waals surface area contributed by atoms with Crippen LogP contribution in [-0.4, -0.2) is 4.70 Å². The summed E-state index contributed by atoms with van der Waals surface area (Å²) in [5.74, 6) is 0. The molecule has 3 rings (SSSR count). The van der Waals surface area contributed by atoms with Crippen molar-refractivity contribution in [3.05, 3.63) is 102 Å². The van der Waals surface area contributed by atoms with Gasteiger partial charge >= 0.3 is 16.5 Å². The van der Waals surface area contributed by atoms with E-state index in [0.29, 0.717) is 0 Å². The van der Waals surface area contributed by atoms with E-state index >= 15 is 0 Å². The zero-order chi connectivity index (χ0) is 23.9. The van der Waals surface area contributed by atoms with Gasteiger partial charge in [-0.15, -0.1) is 0 Å². The average molecular weight is 489 g/mol. The molecule has 1 heterocycles. The number of hydrogen-bond donors (Lipinski definition) is 0. The first-order chi connectivity index (χ1) is 15.6. The maximum Gasteiger partial charge on any atom is 2.00 e. The summed E-state index contributed by atoms with van der Waals surface area (Å²) in [5, 5.41) is 0. The fourth-order valence-corrected chi connectivity index (χ4v) is 3.95. The van der Waals surface area contributed by atoms with Crippen LogP contribution in [0.15, 0.2) is 60.2 Å². The van der Waals surface area contributed by atoms with Crippen LogP contribution in [0, 0.1) is 27.7 Å². The molecular weight excluding hydrogens is 447 g/mol. The Morgan fingerprint density at radius 3 is 1.85 bits per heavy atom. The van der Waals surface area contributed by atoms with E-state index in [2.05, 4.69) is 89.2 Å². The number of nitrogens with zero attached hydrogens (tertiary/aromatic N) is 2. The first kappa shape index (κ1) is 31.0. The van der Waals surface area contributed by atoms with Gasteiger partial charge in [-0.3, -0.25) is 0 Å². The molecule has 2 aromatic carbocycles. The van der Waals surface area contributed by atoms with Gasteiger partial charge in [-0.1, -0.05) is 74.4 Å². The van der Waals surface area contributed by atoms with Gasteiger partial charge in [-0.05, 0) is 51.0 Å². The van der Waals surface area contributed by atoms with Crippen LogP contribution in [0.25, 0.3) is 16.9 Å². The normalized spacial score (nSPS) is 12.2. The molecule has 0 N–H and O–H groups in total. The molecule has 0 unspecified atom stereocenters. The third-order valence-electron chi connectivity index (χ3n) is 5.46. The average Bonchev–Trinajstić information content (AvgIpc) is 3.15. The molecule has 0 fully saturated rings. The summed E-state index contributed by atoms with van der Waals surface area (Å²) in [6.07, 6.45) is 10.8. The SMILES string of the molecule is CCCCCCCCC1=C(c2cccc(C)c2)[N+](=[N-])C(c2cccc(C)c2)=C1.[CH2-]C.[CH2-]C.[Ni+2]. The molecule has 0 saturated heterocycles. The molecule has 2 nitrogen and oxygen atoms in total. The Bertz CT molecular complexity index is 909. The molecule has 0 amide bonds. The van der Waals surface area contributed by atoms with E-state index in [1.165, 1.54) is 59.9 Å². The predicted molar refractivity (Wildman–Crippen MR) is 141 cm³/mol. The second kappa shape index (κ2) is 17.5. The summed E-state index contributed by atoms with van der Waals surface area (Å²) in [7, 11) is 0. The molecule has 0 aliphatic carbocycles. The number of hydrogen-bond acceptors (Lipinski definition) is 0. The van der Waals surface area contributed by atoms with E-state index in [-0.39, 0.29) is 16.5 Å². The standard InChI is InChI=1S/C26H32N2.2C2H5.Ni/c1-4-5-6-7-8-9-14-24-19-25(22-15-10-12-20(2)17-22)28(27)26(24)23-16-11-13-21(3)18-23;2*1-2;/h10-13,15-19H,4-9,14H2,1-3H3;2*1H2,2H3;/q;2*-1;+2. The van der Waals surface area contributed by atoms with Crippen molar-refractivity contribution in [3.8, 4) is 0 Å². The van der Waals surface area contributed by atoms with Gasteiger partial charge in [0.05, 0.1) is 0 Å². The zero-order valence-corrected chi connectivity index (χ0v) is 22.3. The third kappa shape index (κ3) is 9.42. The third-order valence-corrected chi connectivity index (χ3v) is 5.46. The molecule has 0 atom stereocenters. The van der Waals surface area contributed by atoms with Gasteiger partial charge in [0, 0.05) is 22.8 Å². The minimum atomic E-state index is 0. The molecule has 0 spiro atoms. The van der Waals surface area contributed by atoms with Crippen LogP contribution in [0.5, 0.6) is 0 Å². The summed E-state index contributed by atoms with van der Waals surface area (Å²) < 4.78 is 1.40. The fraction of sp³-hybridized carbons (Fsp3) is 0.400. The van der Waals surface area contributed by atoms with Crippen molar-refractivity contribution in [2.24, 2.45) is 0 Å². The summed E-state index contributed by atoms with van der Waals surface area (Å²) in [5.41, 5.74) is 18.7. The second-order valence-corrected chi connectivity index (χ2v) is 7.97. The molecule has 3 heteroatoms. The minimum Gasteiger partial charge on any atom is -0.493 e. The summed E-state index contributed by atoms with van der Waals surface area (Å²) in [4.78, 5) is 0. The van der Waals surface area contributed by atoms with E-state index < -0.39 is 0 Å². The Labute approximate surface area is 213 Å². The van der Waals surface area contributed by atoms with Crippen molar-refractivity contribution in [1.29, 1.82) is 0 Å². The topological polar surface area (TPSA) is 25.3 Å². The van der Waals surface area contributed by atoms with Gasteiger partial charge in [0.2, 0.25) is 11.4 Å². The van der Waals surface area contributed by atoms with E-state index in [1.54, 1.807) is 13.8 Å². The van der Waals surface area contributed by atoms with Crippen molar-refractivity contribution in [1.82, 2.24) is 0 Å². The molecule has 0 bridgehead atoms. The van der Waals surface area contributed by atoms with Crippen LogP contribution in [0.4, 0.5) is 0 Å². The van der Waals surface area contributed by atoms with Crippen molar-refractivity contribution in [2.75, 3.05) is 0 Å². The number of benzene rings is 2. The Balaban J connectivity index is 0.00000194. The maximum atomic E-state index is 11.1. The fourth-order valence-electron chi connectivity index (χ4n) is 3.95. The van der Waals surface area contributed by atoms with Gasteiger partial charge in [-0.25, -0.2) is 4.70 Å². The molecule has 182 valence electrons. The molecule has 0 saturated carbocycles. The molecule has 0 aromatic heterocycles. The Morgan fingerprint density at radius 1 is 0.758 bits per heavy atom. The van der Waals surface area contributed by atoms with Crippen LogP contribution in [0.3, 0.4) is 0 Å². The van der Waals surface area contributed by atoms with Crippen molar-refractivity contribution in [3.63, 3.8) is 0 Å². The number of aryl methyl sites for hydroxylation is 2. The Morgan fingerprint density at radius 2 is 1.27 bits per heavy atom. The smallest absolute Gasteiger partial charge is 0.493 e. The Kier molecular flexibility index (Phi) is 16.4. The van der Waals surface area contributed by atoms with Crippen molar-refractivity contribution >= 4 is 11.4 Å². The summed E-state index contributed by atoms with van der Waals surface area (Å²) in [6, 6.07) is 16.8. The second-order valence-electron chi connectivity index (χ2n) is 7.97. The van der Waals surface area contributed by atoms with Crippen LogP contribution in [0.1, 0.15) is 88.0 Å². The van der Waals surface area contributed by atoms with Crippen LogP contribution in [0.2, 0.25) is 0 Å². The number of rotatable bonds is 9. The van der Waals surface area contributed by atoms with Gasteiger partial charge in [0.1, 0.15) is 0 Å². The van der Waals surface area contributed by atoms with Crippen LogP contribution < -0.4 is 0 Å². The van der Waals surface area contributed by atoms with E-state index in [4.69, 9.17) is 0 Å². The van der Waals surface area contributed by atoms with Gasteiger partial charge < -0.3 is 19.4 Å². The largest absolute Gasteiger partial charge is 2.00 e. The van der Waals surface area contributed by atoms with E-state index in [0.717, 1.165) is 28.9 Å². The summed E-state index contributed by atoms with van der Waals surface area (Å²) >= 11 is 0. The number of allylic oxidation sites excluding steroid dienone is 2. The molecule has 0 radical (unpaired) electrons. The number of unbranched alkanes of at least 4 members (excludes halogenated alkanes) is 5. The van der Waals surface area contributed by atoms with Crippen molar-refractivity contribution < 1.29 is 21.2 Å². The van der Waals surface area contributed by atoms with Gasteiger partial charge in [-0.2, -0.15) is 13.8 Å². The molecule has 1 aliphatic rings. The van der Waals surface area contributed by atoms with E-state index in [9.17, 15) is 5.53 Å². The minimum absolute atomic E-state index is 0. The zero-order valence-electron chi connectivity index (χ0n) is 21.3. The monoisotopic (exact) mass is 488 g/mol. The predicted octanol–water partition coefficient (Wildman–Crippen LogP) is 9.53. The molecular formula is C30H42N2Ni.